The van der Waals surface area contributed by atoms with Crippen LogP contribution in [0, 0.1) is 0 Å². The number of anilines is 1. The van der Waals surface area contributed by atoms with Crippen molar-refractivity contribution < 1.29 is 9.59 Å². The smallest absolute Gasteiger partial charge is 0.227 e. The topological polar surface area (TPSA) is 61.4 Å². The highest BCUT2D eigenvalue weighted by Gasteiger charge is 2.22. The molecule has 2 unspecified atom stereocenters. The lowest BCUT2D eigenvalue weighted by Crippen LogP contribution is -2.33. The van der Waals surface area contributed by atoms with Crippen LogP contribution in [0.4, 0.5) is 5.69 Å². The average molecular weight is 315 g/mol. The summed E-state index contributed by atoms with van der Waals surface area (Å²) in [5.41, 5.74) is 2.01. The normalized spacial score (nSPS) is 22.4. The number of hydrogen-bond acceptors (Lipinski definition) is 3. The number of carbonyl (C=O) groups is 2. The van der Waals surface area contributed by atoms with Crippen LogP contribution in [0.25, 0.3) is 0 Å². The summed E-state index contributed by atoms with van der Waals surface area (Å²) in [5, 5.41) is 6.41. The minimum atomic E-state index is -0.0211. The first-order valence-electron chi connectivity index (χ1n) is 8.56. The van der Waals surface area contributed by atoms with Crippen molar-refractivity contribution in [1.82, 2.24) is 10.6 Å². The molecule has 3 rings (SSSR count). The zero-order chi connectivity index (χ0) is 16.2. The van der Waals surface area contributed by atoms with E-state index < -0.39 is 0 Å². The van der Waals surface area contributed by atoms with Crippen molar-refractivity contribution in [1.29, 1.82) is 0 Å². The van der Waals surface area contributed by atoms with Gasteiger partial charge in [-0.05, 0) is 50.4 Å². The van der Waals surface area contributed by atoms with Crippen LogP contribution in [-0.4, -0.2) is 30.9 Å². The predicted octanol–water partition coefficient (Wildman–Crippen LogP) is 2.13. The predicted molar refractivity (Wildman–Crippen MR) is 90.2 cm³/mol. The number of rotatable bonds is 5. The lowest BCUT2D eigenvalue weighted by Gasteiger charge is -2.19. The minimum Gasteiger partial charge on any atom is -0.350 e. The van der Waals surface area contributed by atoms with Gasteiger partial charge in [-0.2, -0.15) is 0 Å². The Hall–Kier alpha value is -1.88. The largest absolute Gasteiger partial charge is 0.350 e. The van der Waals surface area contributed by atoms with Crippen molar-refractivity contribution in [3.05, 3.63) is 29.8 Å². The molecule has 2 atom stereocenters. The number of nitrogens with one attached hydrogen (secondary N) is 2. The van der Waals surface area contributed by atoms with Crippen LogP contribution >= 0.6 is 0 Å². The van der Waals surface area contributed by atoms with E-state index in [1.165, 1.54) is 0 Å². The van der Waals surface area contributed by atoms with Crippen LogP contribution in [0.3, 0.4) is 0 Å². The van der Waals surface area contributed by atoms with Gasteiger partial charge in [-0.3, -0.25) is 9.59 Å². The second kappa shape index (κ2) is 7.13. The van der Waals surface area contributed by atoms with Crippen LogP contribution in [0.1, 0.15) is 50.6 Å². The third-order valence-electron chi connectivity index (χ3n) is 4.75. The van der Waals surface area contributed by atoms with Crippen molar-refractivity contribution in [3.8, 4) is 0 Å². The Morgan fingerprint density at radius 2 is 2.13 bits per heavy atom. The molecule has 2 aliphatic rings. The van der Waals surface area contributed by atoms with E-state index >= 15 is 0 Å². The van der Waals surface area contributed by atoms with Gasteiger partial charge in [0.25, 0.3) is 0 Å². The molecule has 124 valence electrons. The van der Waals surface area contributed by atoms with Gasteiger partial charge in [-0.15, -0.1) is 0 Å². The van der Waals surface area contributed by atoms with Gasteiger partial charge in [-0.1, -0.05) is 12.1 Å². The van der Waals surface area contributed by atoms with Crippen LogP contribution in [0.5, 0.6) is 0 Å². The van der Waals surface area contributed by atoms with E-state index in [2.05, 4.69) is 10.6 Å². The lowest BCUT2D eigenvalue weighted by molar-refractivity contribution is -0.122. The molecule has 5 heteroatoms. The highest BCUT2D eigenvalue weighted by molar-refractivity contribution is 5.95. The third-order valence-corrected chi connectivity index (χ3v) is 4.75. The molecule has 2 amide bonds. The summed E-state index contributed by atoms with van der Waals surface area (Å²) in [4.78, 5) is 25.7. The Kier molecular flexibility index (Phi) is 4.96. The molecule has 0 spiro atoms. The molecule has 2 aliphatic heterocycles. The highest BCUT2D eigenvalue weighted by atomic mass is 16.2. The van der Waals surface area contributed by atoms with E-state index in [0.29, 0.717) is 18.9 Å². The molecule has 2 heterocycles. The molecule has 0 bridgehead atoms. The van der Waals surface area contributed by atoms with Crippen LogP contribution in [0.15, 0.2) is 24.3 Å². The Morgan fingerprint density at radius 3 is 2.74 bits per heavy atom. The molecule has 5 nitrogen and oxygen atoms in total. The molecular formula is C18H25N3O2. The van der Waals surface area contributed by atoms with Gasteiger partial charge >= 0.3 is 0 Å². The molecule has 2 fully saturated rings. The summed E-state index contributed by atoms with van der Waals surface area (Å²) in [5.74, 6) is 0.291. The van der Waals surface area contributed by atoms with Crippen molar-refractivity contribution >= 4 is 17.5 Å². The molecule has 2 saturated heterocycles. The molecule has 2 N–H and O–H groups in total. The molecule has 0 aliphatic carbocycles. The molecule has 23 heavy (non-hydrogen) atoms. The van der Waals surface area contributed by atoms with E-state index in [4.69, 9.17) is 0 Å². The van der Waals surface area contributed by atoms with E-state index in [1.807, 2.05) is 36.1 Å². The SMILES string of the molecule is CC(NC(=O)CC1CCCN1)c1ccc(N2CCCC2=O)cc1. The van der Waals surface area contributed by atoms with Crippen LogP contribution in [0.2, 0.25) is 0 Å². The zero-order valence-corrected chi connectivity index (χ0v) is 13.7. The second-order valence-corrected chi connectivity index (χ2v) is 6.53. The lowest BCUT2D eigenvalue weighted by atomic mass is 10.1. The summed E-state index contributed by atoms with van der Waals surface area (Å²) in [6.45, 7) is 3.82. The molecule has 0 radical (unpaired) electrons. The van der Waals surface area contributed by atoms with Crippen molar-refractivity contribution in [2.45, 2.75) is 51.1 Å². The number of benzene rings is 1. The van der Waals surface area contributed by atoms with Crippen LogP contribution < -0.4 is 15.5 Å². The molecule has 1 aromatic carbocycles. The highest BCUT2D eigenvalue weighted by Crippen LogP contribution is 2.23. The first-order valence-corrected chi connectivity index (χ1v) is 8.56. The molecular weight excluding hydrogens is 290 g/mol. The quantitative estimate of drug-likeness (QED) is 0.875. The maximum atomic E-state index is 12.1. The number of nitrogens with zero attached hydrogens (tertiary/aromatic N) is 1. The van der Waals surface area contributed by atoms with E-state index in [0.717, 1.165) is 43.6 Å². The summed E-state index contributed by atoms with van der Waals surface area (Å²) in [7, 11) is 0. The fourth-order valence-corrected chi connectivity index (χ4v) is 3.40. The number of hydrogen-bond donors (Lipinski definition) is 2. The van der Waals surface area contributed by atoms with Gasteiger partial charge in [0.05, 0.1) is 6.04 Å². The fraction of sp³-hybridized carbons (Fsp3) is 0.556. The standard InChI is InChI=1S/C18H25N3O2/c1-13(20-17(22)12-15-4-2-10-19-15)14-6-8-16(9-7-14)21-11-3-5-18(21)23/h6-9,13,15,19H,2-5,10-12H2,1H3,(H,20,22). The van der Waals surface area contributed by atoms with Crippen molar-refractivity contribution in [3.63, 3.8) is 0 Å². The second-order valence-electron chi connectivity index (χ2n) is 6.53. The Balaban J connectivity index is 1.55. The van der Waals surface area contributed by atoms with Gasteiger partial charge in [0.15, 0.2) is 0 Å². The Morgan fingerprint density at radius 1 is 1.35 bits per heavy atom. The average Bonchev–Trinajstić information content (AvgIpc) is 3.19. The minimum absolute atomic E-state index is 0.0211. The number of carbonyl (C=O) groups excluding carboxylic acids is 2. The van der Waals surface area contributed by atoms with Gasteiger partial charge < -0.3 is 15.5 Å². The third kappa shape index (κ3) is 3.91. The maximum Gasteiger partial charge on any atom is 0.227 e. The first-order chi connectivity index (χ1) is 11.1. The first kappa shape index (κ1) is 16.0. The Labute approximate surface area is 137 Å². The maximum absolute atomic E-state index is 12.1. The van der Waals surface area contributed by atoms with E-state index in [9.17, 15) is 9.59 Å². The van der Waals surface area contributed by atoms with Crippen molar-refractivity contribution in [2.75, 3.05) is 18.0 Å². The monoisotopic (exact) mass is 315 g/mol. The van der Waals surface area contributed by atoms with Gasteiger partial charge in [0.2, 0.25) is 11.8 Å². The van der Waals surface area contributed by atoms with Gasteiger partial charge in [0.1, 0.15) is 0 Å². The Bertz CT molecular complexity index is 564. The van der Waals surface area contributed by atoms with Crippen LogP contribution in [-0.2, 0) is 9.59 Å². The molecule has 0 aromatic heterocycles. The van der Waals surface area contributed by atoms with Crippen molar-refractivity contribution in [2.24, 2.45) is 0 Å². The van der Waals surface area contributed by atoms with Gasteiger partial charge in [0, 0.05) is 31.1 Å². The molecule has 1 aromatic rings. The van der Waals surface area contributed by atoms with Gasteiger partial charge in [-0.25, -0.2) is 0 Å². The summed E-state index contributed by atoms with van der Waals surface area (Å²) >= 11 is 0. The number of amides is 2. The summed E-state index contributed by atoms with van der Waals surface area (Å²) in [6.07, 6.45) is 4.36. The zero-order valence-electron chi connectivity index (χ0n) is 13.7. The summed E-state index contributed by atoms with van der Waals surface area (Å²) in [6, 6.07) is 8.25. The summed E-state index contributed by atoms with van der Waals surface area (Å²) < 4.78 is 0. The van der Waals surface area contributed by atoms with E-state index in [1.54, 1.807) is 0 Å². The molecule has 0 saturated carbocycles. The van der Waals surface area contributed by atoms with E-state index in [-0.39, 0.29) is 17.9 Å². The fourth-order valence-electron chi connectivity index (χ4n) is 3.40.